The van der Waals surface area contributed by atoms with Gasteiger partial charge in [-0.05, 0) is 35.2 Å². The van der Waals surface area contributed by atoms with Crippen LogP contribution in [0.15, 0.2) is 108 Å². The quantitative estimate of drug-likeness (QED) is 0.292. The van der Waals surface area contributed by atoms with Crippen LogP contribution in [0.3, 0.4) is 0 Å². The lowest BCUT2D eigenvalue weighted by Gasteiger charge is -2.15. The van der Waals surface area contributed by atoms with Crippen LogP contribution in [0, 0.1) is 0 Å². The van der Waals surface area contributed by atoms with E-state index in [0.29, 0.717) is 17.9 Å². The minimum atomic E-state index is -0.190. The molecule has 0 fully saturated rings. The van der Waals surface area contributed by atoms with Crippen molar-refractivity contribution in [3.63, 3.8) is 0 Å². The summed E-state index contributed by atoms with van der Waals surface area (Å²) in [5.74, 6) is 0.556. The largest absolute Gasteiger partial charge is 0.486 e. The van der Waals surface area contributed by atoms with E-state index in [2.05, 4.69) is 27.2 Å². The minimum Gasteiger partial charge on any atom is -0.486 e. The average Bonchev–Trinajstić information content (AvgIpc) is 3.61. The molecule has 176 valence electrons. The Hall–Kier alpha value is -4.49. The molecule has 0 aliphatic carbocycles. The summed E-state index contributed by atoms with van der Waals surface area (Å²) >= 11 is 1.51. The van der Waals surface area contributed by atoms with Crippen LogP contribution in [-0.2, 0) is 13.2 Å². The summed E-state index contributed by atoms with van der Waals surface area (Å²) in [6.45, 7) is 0.931. The van der Waals surface area contributed by atoms with Gasteiger partial charge in [0.2, 0.25) is 0 Å². The summed E-state index contributed by atoms with van der Waals surface area (Å²) in [6.07, 6.45) is 5.57. The molecule has 0 aliphatic rings. The Balaban J connectivity index is 1.45. The first-order valence-corrected chi connectivity index (χ1v) is 12.5. The lowest BCUT2D eigenvalue weighted by molar-refractivity contribution is 0.306. The van der Waals surface area contributed by atoms with Crippen molar-refractivity contribution in [3.05, 3.63) is 124 Å². The highest BCUT2D eigenvalue weighted by Crippen LogP contribution is 2.38. The summed E-state index contributed by atoms with van der Waals surface area (Å²) < 4.78 is 8.22. The third-order valence-corrected chi connectivity index (χ3v) is 6.88. The number of benzene rings is 2. The van der Waals surface area contributed by atoms with Crippen molar-refractivity contribution in [1.82, 2.24) is 19.7 Å². The third kappa shape index (κ3) is 4.32. The number of hydrogen-bond donors (Lipinski definition) is 1. The van der Waals surface area contributed by atoms with Gasteiger partial charge in [0.1, 0.15) is 12.4 Å². The second kappa shape index (κ2) is 9.64. The second-order valence-corrected chi connectivity index (χ2v) is 9.33. The standard InChI is InChI=1S/C29H22N4O2S/c34-29-26(25-13-7-15-36-25)28(35-19-22-10-4-5-14-30-22)24-12-6-11-23(27(24)32-29)21-16-31-33(18-21)17-20-8-2-1-3-9-20/h1-16,18H,17,19H2,(H,32,34). The monoisotopic (exact) mass is 490 g/mol. The number of fused-ring (bicyclic) bond motifs is 1. The SMILES string of the molecule is O=c1[nH]c2c(-c3cnn(Cc4ccccc4)c3)cccc2c(OCc2ccccn2)c1-c1cccs1. The number of nitrogens with zero attached hydrogens (tertiary/aromatic N) is 3. The number of rotatable bonds is 7. The molecule has 0 amide bonds. The van der Waals surface area contributed by atoms with Gasteiger partial charge in [-0.2, -0.15) is 5.10 Å². The fourth-order valence-electron chi connectivity index (χ4n) is 4.31. The van der Waals surface area contributed by atoms with Gasteiger partial charge in [-0.1, -0.05) is 54.6 Å². The summed E-state index contributed by atoms with van der Waals surface area (Å²) in [7, 11) is 0. The van der Waals surface area contributed by atoms with E-state index in [-0.39, 0.29) is 12.2 Å². The smallest absolute Gasteiger partial charge is 0.260 e. The molecule has 0 atom stereocenters. The lowest BCUT2D eigenvalue weighted by Crippen LogP contribution is -2.12. The normalized spacial score (nSPS) is 11.1. The van der Waals surface area contributed by atoms with Gasteiger partial charge in [0.05, 0.1) is 29.5 Å². The zero-order valence-corrected chi connectivity index (χ0v) is 20.1. The first-order valence-electron chi connectivity index (χ1n) is 11.6. The van der Waals surface area contributed by atoms with Crippen molar-refractivity contribution in [2.24, 2.45) is 0 Å². The van der Waals surface area contributed by atoms with Gasteiger partial charge >= 0.3 is 0 Å². The van der Waals surface area contributed by atoms with E-state index in [9.17, 15) is 4.79 Å². The number of para-hydroxylation sites is 1. The van der Waals surface area contributed by atoms with E-state index >= 15 is 0 Å². The number of aromatic nitrogens is 4. The minimum absolute atomic E-state index is 0.190. The van der Waals surface area contributed by atoms with Crippen molar-refractivity contribution >= 4 is 22.2 Å². The molecular formula is C29H22N4O2S. The molecule has 4 heterocycles. The first kappa shape index (κ1) is 22.0. The summed E-state index contributed by atoms with van der Waals surface area (Å²) in [4.78, 5) is 21.8. The number of thiophene rings is 1. The molecule has 6 aromatic rings. The fraction of sp³-hybridized carbons (Fsp3) is 0.0690. The van der Waals surface area contributed by atoms with Crippen LogP contribution in [0.4, 0.5) is 0 Å². The molecule has 0 radical (unpaired) electrons. The maximum atomic E-state index is 13.4. The van der Waals surface area contributed by atoms with Gasteiger partial charge in [-0.15, -0.1) is 11.3 Å². The molecule has 36 heavy (non-hydrogen) atoms. The van der Waals surface area contributed by atoms with Gasteiger partial charge in [-0.25, -0.2) is 0 Å². The van der Waals surface area contributed by atoms with Crippen molar-refractivity contribution in [2.45, 2.75) is 13.2 Å². The zero-order valence-electron chi connectivity index (χ0n) is 19.3. The number of hydrogen-bond acceptors (Lipinski definition) is 5. The lowest BCUT2D eigenvalue weighted by atomic mass is 10.0. The zero-order chi connectivity index (χ0) is 24.3. The van der Waals surface area contributed by atoms with Gasteiger partial charge in [0.15, 0.2) is 0 Å². The number of pyridine rings is 2. The molecule has 0 saturated heterocycles. The summed E-state index contributed by atoms with van der Waals surface area (Å²) in [6, 6.07) is 25.7. The number of aromatic amines is 1. The molecule has 6 rings (SSSR count). The Labute approximate surface area is 211 Å². The van der Waals surface area contributed by atoms with E-state index < -0.39 is 0 Å². The van der Waals surface area contributed by atoms with E-state index in [4.69, 9.17) is 4.74 Å². The molecule has 0 aliphatic heterocycles. The van der Waals surface area contributed by atoms with E-state index in [1.165, 1.54) is 16.9 Å². The molecule has 0 bridgehead atoms. The average molecular weight is 491 g/mol. The fourth-order valence-corrected chi connectivity index (χ4v) is 5.08. The Bertz CT molecular complexity index is 1670. The van der Waals surface area contributed by atoms with E-state index in [1.807, 2.05) is 89.2 Å². The van der Waals surface area contributed by atoms with Crippen LogP contribution in [-0.4, -0.2) is 19.7 Å². The molecule has 1 N–H and O–H groups in total. The Morgan fingerprint density at radius 3 is 2.64 bits per heavy atom. The number of H-pyrrole nitrogens is 1. The summed E-state index contributed by atoms with van der Waals surface area (Å²) in [5, 5.41) is 7.35. The molecule has 0 spiro atoms. The molecule has 2 aromatic carbocycles. The Morgan fingerprint density at radius 2 is 1.83 bits per heavy atom. The van der Waals surface area contributed by atoms with E-state index in [0.717, 1.165) is 32.6 Å². The molecule has 7 heteroatoms. The topological polar surface area (TPSA) is 72.8 Å². The molecular weight excluding hydrogens is 468 g/mol. The molecule has 6 nitrogen and oxygen atoms in total. The highest BCUT2D eigenvalue weighted by Gasteiger charge is 2.19. The van der Waals surface area contributed by atoms with Gasteiger partial charge in [0.25, 0.3) is 5.56 Å². The first-order chi connectivity index (χ1) is 17.8. The van der Waals surface area contributed by atoms with Crippen LogP contribution in [0.1, 0.15) is 11.3 Å². The van der Waals surface area contributed by atoms with Crippen molar-refractivity contribution in [2.75, 3.05) is 0 Å². The van der Waals surface area contributed by atoms with Crippen LogP contribution in [0.25, 0.3) is 32.5 Å². The highest BCUT2D eigenvalue weighted by atomic mass is 32.1. The van der Waals surface area contributed by atoms with Gasteiger partial charge < -0.3 is 9.72 Å². The summed E-state index contributed by atoms with van der Waals surface area (Å²) in [5.41, 5.74) is 4.84. The van der Waals surface area contributed by atoms with Crippen LogP contribution < -0.4 is 10.3 Å². The maximum absolute atomic E-state index is 13.4. The maximum Gasteiger partial charge on any atom is 0.260 e. The predicted octanol–water partition coefficient (Wildman–Crippen LogP) is 6.14. The number of nitrogens with one attached hydrogen (secondary N) is 1. The molecule has 0 unspecified atom stereocenters. The third-order valence-electron chi connectivity index (χ3n) is 5.99. The van der Waals surface area contributed by atoms with Crippen LogP contribution in [0.2, 0.25) is 0 Å². The second-order valence-electron chi connectivity index (χ2n) is 8.39. The van der Waals surface area contributed by atoms with E-state index in [1.54, 1.807) is 6.20 Å². The van der Waals surface area contributed by atoms with Crippen LogP contribution in [0.5, 0.6) is 5.75 Å². The Kier molecular flexibility index (Phi) is 5.89. The van der Waals surface area contributed by atoms with Crippen molar-refractivity contribution in [3.8, 4) is 27.3 Å². The van der Waals surface area contributed by atoms with Crippen LogP contribution >= 0.6 is 11.3 Å². The van der Waals surface area contributed by atoms with Crippen molar-refractivity contribution < 1.29 is 4.74 Å². The molecule has 4 aromatic heterocycles. The molecule has 0 saturated carbocycles. The number of ether oxygens (including phenoxy) is 1. The van der Waals surface area contributed by atoms with Crippen molar-refractivity contribution in [1.29, 1.82) is 0 Å². The highest BCUT2D eigenvalue weighted by molar-refractivity contribution is 7.13. The van der Waals surface area contributed by atoms with Gasteiger partial charge in [-0.3, -0.25) is 14.5 Å². The predicted molar refractivity (Wildman–Crippen MR) is 143 cm³/mol. The Morgan fingerprint density at radius 1 is 0.944 bits per heavy atom. The van der Waals surface area contributed by atoms with Gasteiger partial charge in [0, 0.05) is 33.8 Å².